The molecular weight excluding hydrogens is 194 g/mol. The number of hydrogen-bond acceptors (Lipinski definition) is 1. The molecule has 0 saturated heterocycles. The van der Waals surface area contributed by atoms with E-state index in [0.717, 1.165) is 18.0 Å². The normalized spacial score (nSPS) is 15.1. The van der Waals surface area contributed by atoms with Crippen LogP contribution in [-0.4, -0.2) is 13.6 Å². The van der Waals surface area contributed by atoms with Crippen molar-refractivity contribution in [2.75, 3.05) is 13.6 Å². The monoisotopic (exact) mass is 211 g/mol. The van der Waals surface area contributed by atoms with Gasteiger partial charge in [-0.2, -0.15) is 0 Å². The summed E-state index contributed by atoms with van der Waals surface area (Å²) in [4.78, 5) is 0. The van der Waals surface area contributed by atoms with E-state index >= 15 is 0 Å². The third-order valence-corrected chi connectivity index (χ3v) is 3.10. The molecule has 1 aromatic carbocycles. The second kappa shape index (κ2) is 4.81. The van der Waals surface area contributed by atoms with E-state index in [4.69, 9.17) is 11.6 Å². The van der Waals surface area contributed by atoms with Gasteiger partial charge in [-0.3, -0.25) is 0 Å². The highest BCUT2D eigenvalue weighted by Gasteiger charge is 2.23. The molecule has 0 amide bonds. The van der Waals surface area contributed by atoms with E-state index in [1.54, 1.807) is 0 Å². The minimum atomic E-state index is 0.180. The summed E-state index contributed by atoms with van der Waals surface area (Å²) in [7, 11) is 1.98. The molecule has 1 N–H and O–H groups in total. The van der Waals surface area contributed by atoms with Gasteiger partial charge in [-0.15, -0.1) is 0 Å². The van der Waals surface area contributed by atoms with Crippen molar-refractivity contribution in [1.29, 1.82) is 0 Å². The van der Waals surface area contributed by atoms with Gasteiger partial charge in [0.05, 0.1) is 0 Å². The Labute approximate surface area is 91.5 Å². The van der Waals surface area contributed by atoms with Gasteiger partial charge in [0.2, 0.25) is 0 Å². The van der Waals surface area contributed by atoms with Crippen LogP contribution >= 0.6 is 11.6 Å². The number of hydrogen-bond donors (Lipinski definition) is 1. The highest BCUT2D eigenvalue weighted by molar-refractivity contribution is 6.30. The highest BCUT2D eigenvalue weighted by Crippen LogP contribution is 2.28. The van der Waals surface area contributed by atoms with E-state index in [0.29, 0.717) is 0 Å². The molecule has 0 aliphatic carbocycles. The van der Waals surface area contributed by atoms with Crippen molar-refractivity contribution >= 4 is 11.6 Å². The van der Waals surface area contributed by atoms with Gasteiger partial charge in [0.1, 0.15) is 0 Å². The molecule has 0 spiro atoms. The average Bonchev–Trinajstić information content (AvgIpc) is 2.18. The summed E-state index contributed by atoms with van der Waals surface area (Å²) in [6.07, 6.45) is 1.11. The van der Waals surface area contributed by atoms with E-state index in [2.05, 4.69) is 31.3 Å². The molecule has 0 aliphatic rings. The molecule has 1 atom stereocenters. The first kappa shape index (κ1) is 11.5. The third kappa shape index (κ3) is 2.49. The van der Waals surface area contributed by atoms with Gasteiger partial charge in [-0.1, -0.05) is 37.6 Å². The van der Waals surface area contributed by atoms with E-state index in [-0.39, 0.29) is 5.41 Å². The van der Waals surface area contributed by atoms with Crippen molar-refractivity contribution in [2.24, 2.45) is 0 Å². The van der Waals surface area contributed by atoms with Crippen LogP contribution in [0.25, 0.3) is 0 Å². The van der Waals surface area contributed by atoms with Crippen molar-refractivity contribution in [2.45, 2.75) is 25.7 Å². The minimum Gasteiger partial charge on any atom is -0.319 e. The van der Waals surface area contributed by atoms with Crippen molar-refractivity contribution < 1.29 is 0 Å². The lowest BCUT2D eigenvalue weighted by Crippen LogP contribution is -2.33. The molecular formula is C12H18ClN. The zero-order valence-corrected chi connectivity index (χ0v) is 9.86. The zero-order valence-electron chi connectivity index (χ0n) is 9.10. The van der Waals surface area contributed by atoms with Crippen molar-refractivity contribution in [1.82, 2.24) is 5.32 Å². The maximum absolute atomic E-state index is 5.99. The first-order chi connectivity index (χ1) is 6.62. The average molecular weight is 212 g/mol. The Morgan fingerprint density at radius 1 is 1.43 bits per heavy atom. The number of halogens is 1. The second-order valence-corrected chi connectivity index (χ2v) is 4.39. The molecule has 2 heteroatoms. The standard InChI is InChI=1S/C12H18ClN/c1-4-12(2,9-14-3)10-6-5-7-11(13)8-10/h5-8,14H,4,9H2,1-3H3. The topological polar surface area (TPSA) is 12.0 Å². The van der Waals surface area contributed by atoms with Crippen LogP contribution in [0, 0.1) is 0 Å². The summed E-state index contributed by atoms with van der Waals surface area (Å²) in [5, 5.41) is 4.05. The van der Waals surface area contributed by atoms with Gasteiger partial charge in [0.15, 0.2) is 0 Å². The lowest BCUT2D eigenvalue weighted by atomic mass is 9.80. The van der Waals surface area contributed by atoms with Gasteiger partial charge in [-0.25, -0.2) is 0 Å². The van der Waals surface area contributed by atoms with E-state index < -0.39 is 0 Å². The molecule has 1 rings (SSSR count). The van der Waals surface area contributed by atoms with Gasteiger partial charge in [0.25, 0.3) is 0 Å². The van der Waals surface area contributed by atoms with E-state index in [1.807, 2.05) is 19.2 Å². The predicted molar refractivity (Wildman–Crippen MR) is 63.0 cm³/mol. The first-order valence-electron chi connectivity index (χ1n) is 5.03. The highest BCUT2D eigenvalue weighted by atomic mass is 35.5. The molecule has 78 valence electrons. The van der Waals surface area contributed by atoms with Crippen LogP contribution in [0.3, 0.4) is 0 Å². The quantitative estimate of drug-likeness (QED) is 0.807. The van der Waals surface area contributed by atoms with E-state index in [1.165, 1.54) is 5.56 Å². The van der Waals surface area contributed by atoms with Gasteiger partial charge < -0.3 is 5.32 Å². The maximum Gasteiger partial charge on any atom is 0.0408 e. The molecule has 0 fully saturated rings. The molecule has 1 aromatic rings. The first-order valence-corrected chi connectivity index (χ1v) is 5.41. The van der Waals surface area contributed by atoms with Crippen LogP contribution in [0.4, 0.5) is 0 Å². The van der Waals surface area contributed by atoms with Crippen LogP contribution in [0.2, 0.25) is 5.02 Å². The molecule has 0 bridgehead atoms. The second-order valence-electron chi connectivity index (χ2n) is 3.95. The molecule has 1 unspecified atom stereocenters. The van der Waals surface area contributed by atoms with Crippen molar-refractivity contribution in [3.05, 3.63) is 34.9 Å². The van der Waals surface area contributed by atoms with E-state index in [9.17, 15) is 0 Å². The molecule has 0 heterocycles. The van der Waals surface area contributed by atoms with Crippen LogP contribution in [-0.2, 0) is 5.41 Å². The number of likely N-dealkylation sites (N-methyl/N-ethyl adjacent to an activating group) is 1. The Bertz CT molecular complexity index is 298. The zero-order chi connectivity index (χ0) is 10.6. The maximum atomic E-state index is 5.99. The summed E-state index contributed by atoms with van der Waals surface area (Å²) < 4.78 is 0. The molecule has 0 saturated carbocycles. The molecule has 1 nitrogen and oxygen atoms in total. The van der Waals surface area contributed by atoms with Crippen molar-refractivity contribution in [3.8, 4) is 0 Å². The van der Waals surface area contributed by atoms with Crippen LogP contribution in [0.5, 0.6) is 0 Å². The SMILES string of the molecule is CCC(C)(CNC)c1cccc(Cl)c1. The predicted octanol–water partition coefficient (Wildman–Crippen LogP) is 3.23. The summed E-state index contributed by atoms with van der Waals surface area (Å²) >= 11 is 5.99. The smallest absolute Gasteiger partial charge is 0.0408 e. The fraction of sp³-hybridized carbons (Fsp3) is 0.500. The lowest BCUT2D eigenvalue weighted by molar-refractivity contribution is 0.434. The Hall–Kier alpha value is -0.530. The summed E-state index contributed by atoms with van der Waals surface area (Å²) in [6.45, 7) is 5.44. The van der Waals surface area contributed by atoms with Gasteiger partial charge in [-0.05, 0) is 31.2 Å². The largest absolute Gasteiger partial charge is 0.319 e. The fourth-order valence-corrected chi connectivity index (χ4v) is 1.88. The molecule has 14 heavy (non-hydrogen) atoms. The van der Waals surface area contributed by atoms with Gasteiger partial charge >= 0.3 is 0 Å². The third-order valence-electron chi connectivity index (χ3n) is 2.87. The molecule has 0 aromatic heterocycles. The van der Waals surface area contributed by atoms with Crippen LogP contribution in [0.1, 0.15) is 25.8 Å². The molecule has 0 radical (unpaired) electrons. The fourth-order valence-electron chi connectivity index (χ4n) is 1.69. The van der Waals surface area contributed by atoms with Crippen LogP contribution in [0.15, 0.2) is 24.3 Å². The van der Waals surface area contributed by atoms with Crippen LogP contribution < -0.4 is 5.32 Å². The summed E-state index contributed by atoms with van der Waals surface area (Å²) in [6, 6.07) is 8.14. The Balaban J connectivity index is 2.99. The number of benzene rings is 1. The Kier molecular flexibility index (Phi) is 3.97. The van der Waals surface area contributed by atoms with Crippen molar-refractivity contribution in [3.63, 3.8) is 0 Å². The lowest BCUT2D eigenvalue weighted by Gasteiger charge is -2.28. The summed E-state index contributed by atoms with van der Waals surface area (Å²) in [5.41, 5.74) is 1.49. The number of nitrogens with one attached hydrogen (secondary N) is 1. The minimum absolute atomic E-state index is 0.180. The Morgan fingerprint density at radius 3 is 2.64 bits per heavy atom. The Morgan fingerprint density at radius 2 is 2.14 bits per heavy atom. The summed E-state index contributed by atoms with van der Waals surface area (Å²) in [5.74, 6) is 0. The number of rotatable bonds is 4. The molecule has 0 aliphatic heterocycles. The van der Waals surface area contributed by atoms with Gasteiger partial charge in [0, 0.05) is 17.0 Å².